The van der Waals surface area contributed by atoms with Crippen molar-refractivity contribution >= 4 is 17.3 Å². The molecule has 2 aromatic heterocycles. The molecule has 1 unspecified atom stereocenters. The summed E-state index contributed by atoms with van der Waals surface area (Å²) in [5.74, 6) is 1.69. The van der Waals surface area contributed by atoms with E-state index in [1.807, 2.05) is 38.1 Å². The Labute approximate surface area is 213 Å². The summed E-state index contributed by atoms with van der Waals surface area (Å²) in [6.07, 6.45) is 2.10. The summed E-state index contributed by atoms with van der Waals surface area (Å²) in [7, 11) is 0. The van der Waals surface area contributed by atoms with Crippen LogP contribution in [0.1, 0.15) is 64.9 Å². The molecule has 8 heteroatoms. The van der Waals surface area contributed by atoms with Crippen LogP contribution in [0.4, 0.5) is 4.79 Å². The molecule has 3 rings (SSSR count). The first-order chi connectivity index (χ1) is 16.8. The number of nitrogens with zero attached hydrogens (tertiary/aromatic N) is 4. The van der Waals surface area contributed by atoms with Gasteiger partial charge in [-0.15, -0.1) is 0 Å². The Bertz CT molecular complexity index is 1240. The summed E-state index contributed by atoms with van der Waals surface area (Å²) in [4.78, 5) is 23.6. The van der Waals surface area contributed by atoms with Crippen molar-refractivity contribution < 1.29 is 14.3 Å². The summed E-state index contributed by atoms with van der Waals surface area (Å²) in [5.41, 5.74) is 9.71. The van der Waals surface area contributed by atoms with E-state index >= 15 is 0 Å². The molecule has 0 fully saturated rings. The largest absolute Gasteiger partial charge is 0.492 e. The van der Waals surface area contributed by atoms with Crippen LogP contribution in [0.25, 0.3) is 22.3 Å². The predicted molar refractivity (Wildman–Crippen MR) is 141 cm³/mol. The Kier molecular flexibility index (Phi) is 9.74. The van der Waals surface area contributed by atoms with E-state index in [-0.39, 0.29) is 0 Å². The maximum absolute atomic E-state index is 10.0. The molecule has 0 aliphatic carbocycles. The third-order valence-corrected chi connectivity index (χ3v) is 5.20. The lowest BCUT2D eigenvalue weighted by atomic mass is 9.99. The standard InChI is InChI=1S/C23H26N4O.C5H11NO2/c1-14(2)10-15(3)13-28-21-7-6-18(11-19(21)12-24)20-8-9-25-23-22(20)26-16(4)17(5)27-23;1-5(2,3)8-4(6)7/h6-9,11,14-15H,10,13H2,1-5H3;1-3H3,(H2,6,7). The van der Waals surface area contributed by atoms with Crippen LogP contribution in [0.3, 0.4) is 0 Å². The second-order valence-corrected chi connectivity index (χ2v) is 10.3. The molecule has 0 saturated heterocycles. The highest BCUT2D eigenvalue weighted by molar-refractivity contribution is 5.89. The van der Waals surface area contributed by atoms with Gasteiger partial charge in [0.1, 0.15) is 22.9 Å². The van der Waals surface area contributed by atoms with Crippen LogP contribution in [-0.2, 0) is 4.74 Å². The minimum absolute atomic E-state index is 0.442. The number of nitriles is 1. The van der Waals surface area contributed by atoms with Gasteiger partial charge in [0.2, 0.25) is 0 Å². The molecular weight excluding hydrogens is 454 g/mol. The monoisotopic (exact) mass is 491 g/mol. The number of ether oxygens (including phenoxy) is 2. The van der Waals surface area contributed by atoms with E-state index in [9.17, 15) is 10.1 Å². The molecule has 1 amide bonds. The molecule has 1 atom stereocenters. The van der Waals surface area contributed by atoms with Crippen LogP contribution >= 0.6 is 0 Å². The number of rotatable bonds is 6. The highest BCUT2D eigenvalue weighted by atomic mass is 16.6. The summed E-state index contributed by atoms with van der Waals surface area (Å²) >= 11 is 0. The molecule has 0 saturated carbocycles. The normalized spacial score (nSPS) is 11.9. The number of hydrogen-bond acceptors (Lipinski definition) is 7. The van der Waals surface area contributed by atoms with Crippen LogP contribution in [0.2, 0.25) is 0 Å². The van der Waals surface area contributed by atoms with Crippen molar-refractivity contribution in [3.8, 4) is 22.9 Å². The van der Waals surface area contributed by atoms with Crippen molar-refractivity contribution in [3.05, 3.63) is 47.4 Å². The van der Waals surface area contributed by atoms with Gasteiger partial charge in [-0.05, 0) is 76.6 Å². The lowest BCUT2D eigenvalue weighted by molar-refractivity contribution is 0.0600. The van der Waals surface area contributed by atoms with Crippen molar-refractivity contribution in [3.63, 3.8) is 0 Å². The van der Waals surface area contributed by atoms with Gasteiger partial charge >= 0.3 is 6.09 Å². The van der Waals surface area contributed by atoms with Gasteiger partial charge in [-0.25, -0.2) is 19.7 Å². The first kappa shape index (κ1) is 28.5. The van der Waals surface area contributed by atoms with E-state index in [4.69, 9.17) is 10.5 Å². The van der Waals surface area contributed by atoms with Crippen LogP contribution in [0.5, 0.6) is 5.75 Å². The Morgan fingerprint density at radius 1 is 1.11 bits per heavy atom. The fraction of sp³-hybridized carbons (Fsp3) is 0.464. The highest BCUT2D eigenvalue weighted by Crippen LogP contribution is 2.30. The fourth-order valence-electron chi connectivity index (χ4n) is 3.67. The lowest BCUT2D eigenvalue weighted by Crippen LogP contribution is -2.27. The summed E-state index contributed by atoms with van der Waals surface area (Å²) in [6.45, 7) is 16.3. The van der Waals surface area contributed by atoms with Gasteiger partial charge in [-0.1, -0.05) is 26.8 Å². The van der Waals surface area contributed by atoms with Crippen LogP contribution < -0.4 is 10.5 Å². The summed E-state index contributed by atoms with van der Waals surface area (Å²) in [5, 5.41) is 9.62. The van der Waals surface area contributed by atoms with Gasteiger partial charge in [-0.3, -0.25) is 0 Å². The number of amides is 1. The molecular formula is C28H37N5O3. The van der Waals surface area contributed by atoms with E-state index in [1.54, 1.807) is 27.0 Å². The Hall–Kier alpha value is -3.73. The molecule has 36 heavy (non-hydrogen) atoms. The van der Waals surface area contributed by atoms with Crippen LogP contribution in [-0.4, -0.2) is 33.3 Å². The molecule has 0 bridgehead atoms. The minimum atomic E-state index is -0.725. The topological polar surface area (TPSA) is 124 Å². The lowest BCUT2D eigenvalue weighted by Gasteiger charge is -2.16. The van der Waals surface area contributed by atoms with Crippen molar-refractivity contribution in [2.75, 3.05) is 6.61 Å². The first-order valence-electron chi connectivity index (χ1n) is 12.1. The molecule has 192 valence electrons. The average Bonchev–Trinajstić information content (AvgIpc) is 2.76. The highest BCUT2D eigenvalue weighted by Gasteiger charge is 2.14. The SMILES string of the molecule is CC(C)(C)OC(N)=O.Cc1nc2nccc(-c3ccc(OCC(C)CC(C)C)c(C#N)c3)c2nc1C. The van der Waals surface area contributed by atoms with Crippen LogP contribution in [0.15, 0.2) is 30.5 Å². The number of aromatic nitrogens is 3. The zero-order chi connectivity index (χ0) is 27.0. The molecule has 3 aromatic rings. The molecule has 0 aliphatic heterocycles. The fourth-order valence-corrected chi connectivity index (χ4v) is 3.67. The average molecular weight is 492 g/mol. The zero-order valence-electron chi connectivity index (χ0n) is 22.5. The van der Waals surface area contributed by atoms with Gasteiger partial charge in [0.15, 0.2) is 5.65 Å². The third kappa shape index (κ3) is 8.49. The van der Waals surface area contributed by atoms with Crippen molar-refractivity contribution in [1.29, 1.82) is 5.26 Å². The Morgan fingerprint density at radius 3 is 2.33 bits per heavy atom. The predicted octanol–water partition coefficient (Wildman–Crippen LogP) is 6.12. The Balaban J connectivity index is 0.000000493. The number of nitrogens with two attached hydrogens (primary N) is 1. The number of aryl methyl sites for hydroxylation is 2. The van der Waals surface area contributed by atoms with E-state index in [0.29, 0.717) is 35.4 Å². The molecule has 8 nitrogen and oxygen atoms in total. The number of fused-ring (bicyclic) bond motifs is 1. The number of carbonyl (C=O) groups excluding carboxylic acids is 1. The van der Waals surface area contributed by atoms with Crippen molar-refractivity contribution in [1.82, 2.24) is 15.0 Å². The van der Waals surface area contributed by atoms with Crippen molar-refractivity contribution in [2.24, 2.45) is 17.6 Å². The quantitative estimate of drug-likeness (QED) is 0.440. The molecule has 2 heterocycles. The Morgan fingerprint density at radius 2 is 1.78 bits per heavy atom. The van der Waals surface area contributed by atoms with Gasteiger partial charge in [0.05, 0.1) is 23.6 Å². The first-order valence-corrected chi connectivity index (χ1v) is 12.1. The van der Waals surface area contributed by atoms with Gasteiger partial charge < -0.3 is 15.2 Å². The van der Waals surface area contributed by atoms with Gasteiger partial charge in [0.25, 0.3) is 0 Å². The molecule has 0 aliphatic rings. The second-order valence-electron chi connectivity index (χ2n) is 10.3. The minimum Gasteiger partial charge on any atom is -0.492 e. The number of carbonyl (C=O) groups is 1. The molecule has 1 aromatic carbocycles. The van der Waals surface area contributed by atoms with E-state index < -0.39 is 11.7 Å². The zero-order valence-corrected chi connectivity index (χ0v) is 22.5. The maximum atomic E-state index is 10.0. The molecule has 0 radical (unpaired) electrons. The number of benzene rings is 1. The van der Waals surface area contributed by atoms with E-state index in [2.05, 4.69) is 46.5 Å². The third-order valence-electron chi connectivity index (χ3n) is 5.20. The van der Waals surface area contributed by atoms with Crippen molar-refractivity contribution in [2.45, 2.75) is 67.4 Å². The molecule has 0 spiro atoms. The summed E-state index contributed by atoms with van der Waals surface area (Å²) < 4.78 is 10.5. The summed E-state index contributed by atoms with van der Waals surface area (Å²) in [6, 6.07) is 9.87. The second kappa shape index (κ2) is 12.3. The number of primary amides is 1. The van der Waals surface area contributed by atoms with E-state index in [0.717, 1.165) is 34.5 Å². The number of pyridine rings is 1. The maximum Gasteiger partial charge on any atom is 0.405 e. The van der Waals surface area contributed by atoms with E-state index in [1.165, 1.54) is 0 Å². The molecule has 2 N–H and O–H groups in total. The smallest absolute Gasteiger partial charge is 0.405 e. The number of hydrogen-bond donors (Lipinski definition) is 1. The van der Waals surface area contributed by atoms with Gasteiger partial charge in [0, 0.05) is 11.8 Å². The van der Waals surface area contributed by atoms with Crippen LogP contribution in [0, 0.1) is 37.0 Å². The van der Waals surface area contributed by atoms with Gasteiger partial charge in [-0.2, -0.15) is 5.26 Å².